The Hall–Kier alpha value is -3.13. The highest BCUT2D eigenvalue weighted by Gasteiger charge is 2.30. The first kappa shape index (κ1) is 21.6. The molecule has 0 fully saturated rings. The van der Waals surface area contributed by atoms with Crippen molar-refractivity contribution in [3.8, 4) is 0 Å². The molecule has 30 heavy (non-hydrogen) atoms. The first-order valence-corrected chi connectivity index (χ1v) is 9.38. The smallest absolute Gasteiger partial charge is 0.332 e. The van der Waals surface area contributed by atoms with E-state index in [0.717, 1.165) is 24.3 Å². The Bertz CT molecular complexity index is 1170. The third-order valence-electron chi connectivity index (χ3n) is 4.42. The van der Waals surface area contributed by atoms with Crippen LogP contribution in [0.4, 0.5) is 13.2 Å². The zero-order chi connectivity index (χ0) is 21.9. The van der Waals surface area contributed by atoms with Crippen molar-refractivity contribution in [3.05, 3.63) is 80.9 Å². The molecule has 1 aromatic heterocycles. The van der Waals surface area contributed by atoms with Gasteiger partial charge >= 0.3 is 6.18 Å². The van der Waals surface area contributed by atoms with Gasteiger partial charge in [0.25, 0.3) is 5.56 Å². The maximum absolute atomic E-state index is 12.9. The Morgan fingerprint density at radius 2 is 1.97 bits per heavy atom. The minimum Gasteiger partial charge on any atom is -0.332 e. The molecule has 3 rings (SSSR count). The lowest BCUT2D eigenvalue weighted by atomic mass is 10.1. The molecule has 0 atom stereocenters. The molecule has 9 heteroatoms. The van der Waals surface area contributed by atoms with Gasteiger partial charge in [0.1, 0.15) is 5.82 Å². The SMILES string of the molecule is CCN(Cc1nc2ccccc2c(=O)[nH]1)C(=O)C=Cc1cc(C(F)(F)F)ccc1Cl. The van der Waals surface area contributed by atoms with Crippen molar-refractivity contribution < 1.29 is 18.0 Å². The minimum atomic E-state index is -4.51. The van der Waals surface area contributed by atoms with Crippen LogP contribution in [-0.4, -0.2) is 27.3 Å². The minimum absolute atomic E-state index is 0.0378. The average molecular weight is 436 g/mol. The van der Waals surface area contributed by atoms with Crippen molar-refractivity contribution in [2.45, 2.75) is 19.6 Å². The van der Waals surface area contributed by atoms with Gasteiger partial charge in [0.05, 0.1) is 23.0 Å². The Morgan fingerprint density at radius 3 is 2.67 bits per heavy atom. The molecule has 0 aliphatic heterocycles. The number of H-pyrrole nitrogens is 1. The number of amides is 1. The van der Waals surface area contributed by atoms with Gasteiger partial charge in [0, 0.05) is 17.6 Å². The van der Waals surface area contributed by atoms with Gasteiger partial charge in [0.15, 0.2) is 0 Å². The topological polar surface area (TPSA) is 66.1 Å². The summed E-state index contributed by atoms with van der Waals surface area (Å²) in [5, 5.41) is 0.533. The number of benzene rings is 2. The average Bonchev–Trinajstić information content (AvgIpc) is 2.70. The number of carbonyl (C=O) groups excluding carboxylic acids is 1. The number of aromatic nitrogens is 2. The number of nitrogens with one attached hydrogen (secondary N) is 1. The molecule has 0 aliphatic rings. The Morgan fingerprint density at radius 1 is 1.23 bits per heavy atom. The Labute approximate surface area is 174 Å². The van der Waals surface area contributed by atoms with E-state index in [1.807, 2.05) is 0 Å². The van der Waals surface area contributed by atoms with E-state index in [4.69, 9.17) is 11.6 Å². The van der Waals surface area contributed by atoms with E-state index in [9.17, 15) is 22.8 Å². The number of nitrogens with zero attached hydrogens (tertiary/aromatic N) is 2. The highest BCUT2D eigenvalue weighted by Crippen LogP contribution is 2.32. The van der Waals surface area contributed by atoms with Gasteiger partial charge in [-0.3, -0.25) is 9.59 Å². The van der Waals surface area contributed by atoms with Crippen LogP contribution in [0.1, 0.15) is 23.9 Å². The molecule has 0 saturated heterocycles. The van der Waals surface area contributed by atoms with E-state index in [1.165, 1.54) is 11.0 Å². The van der Waals surface area contributed by atoms with Crippen LogP contribution in [0.5, 0.6) is 0 Å². The number of halogens is 4. The summed E-state index contributed by atoms with van der Waals surface area (Å²) in [5.41, 5.74) is -0.589. The maximum atomic E-state index is 12.9. The molecule has 0 radical (unpaired) electrons. The number of rotatable bonds is 5. The summed E-state index contributed by atoms with van der Waals surface area (Å²) < 4.78 is 38.7. The molecule has 3 aromatic rings. The second kappa shape index (κ2) is 8.71. The van der Waals surface area contributed by atoms with Crippen molar-refractivity contribution in [1.29, 1.82) is 0 Å². The maximum Gasteiger partial charge on any atom is 0.416 e. The van der Waals surface area contributed by atoms with Crippen LogP contribution in [0.15, 0.2) is 53.3 Å². The molecular weight excluding hydrogens is 419 g/mol. The lowest BCUT2D eigenvalue weighted by Crippen LogP contribution is -2.30. The van der Waals surface area contributed by atoms with Crippen molar-refractivity contribution in [2.24, 2.45) is 0 Å². The molecular formula is C21H17ClF3N3O2. The summed E-state index contributed by atoms with van der Waals surface area (Å²) in [5.74, 6) is -0.152. The zero-order valence-electron chi connectivity index (χ0n) is 15.8. The van der Waals surface area contributed by atoms with Gasteiger partial charge in [-0.05, 0) is 48.9 Å². The first-order valence-electron chi connectivity index (χ1n) is 9.00. The predicted octanol–water partition coefficient (Wildman–Crippen LogP) is 4.66. The van der Waals surface area contributed by atoms with E-state index in [1.54, 1.807) is 31.2 Å². The van der Waals surface area contributed by atoms with Crippen molar-refractivity contribution in [1.82, 2.24) is 14.9 Å². The summed E-state index contributed by atoms with van der Waals surface area (Å²) in [7, 11) is 0. The molecule has 1 N–H and O–H groups in total. The molecule has 1 heterocycles. The second-order valence-corrected chi connectivity index (χ2v) is 6.86. The largest absolute Gasteiger partial charge is 0.416 e. The van der Waals surface area contributed by atoms with E-state index in [-0.39, 0.29) is 22.7 Å². The van der Waals surface area contributed by atoms with E-state index < -0.39 is 17.6 Å². The number of hydrogen-bond donors (Lipinski definition) is 1. The summed E-state index contributed by atoms with van der Waals surface area (Å²) in [4.78, 5) is 33.1. The molecule has 0 spiro atoms. The quantitative estimate of drug-likeness (QED) is 0.593. The number of likely N-dealkylation sites (N-methyl/N-ethyl adjacent to an activating group) is 1. The molecule has 1 amide bonds. The number of fused-ring (bicyclic) bond motifs is 1. The summed E-state index contributed by atoms with van der Waals surface area (Å²) in [6.45, 7) is 2.08. The number of carbonyl (C=O) groups is 1. The van der Waals surface area contributed by atoms with E-state index >= 15 is 0 Å². The normalized spacial score (nSPS) is 11.9. The van der Waals surface area contributed by atoms with Gasteiger partial charge < -0.3 is 9.88 Å². The van der Waals surface area contributed by atoms with Crippen LogP contribution in [-0.2, 0) is 17.5 Å². The van der Waals surface area contributed by atoms with Crippen molar-refractivity contribution in [2.75, 3.05) is 6.54 Å². The number of alkyl halides is 3. The van der Waals surface area contributed by atoms with Crippen LogP contribution in [0.25, 0.3) is 17.0 Å². The van der Waals surface area contributed by atoms with Gasteiger partial charge in [-0.2, -0.15) is 13.2 Å². The standard InChI is InChI=1S/C21H17ClF3N3O2/c1-2-28(12-18-26-17-6-4-3-5-15(17)20(30)27-18)19(29)10-7-13-11-14(21(23,24)25)8-9-16(13)22/h3-11H,2,12H2,1H3,(H,26,27,30). The van der Waals surface area contributed by atoms with Crippen molar-refractivity contribution in [3.63, 3.8) is 0 Å². The number of para-hydroxylation sites is 1. The fourth-order valence-electron chi connectivity index (χ4n) is 2.85. The molecule has 0 saturated carbocycles. The van der Waals surface area contributed by atoms with E-state index in [2.05, 4.69) is 9.97 Å². The van der Waals surface area contributed by atoms with Gasteiger partial charge in [-0.25, -0.2) is 4.98 Å². The Balaban J connectivity index is 1.81. The van der Waals surface area contributed by atoms with Crippen LogP contribution < -0.4 is 5.56 Å². The summed E-state index contributed by atoms with van der Waals surface area (Å²) in [6, 6.07) is 9.71. The number of aromatic amines is 1. The molecule has 156 valence electrons. The summed E-state index contributed by atoms with van der Waals surface area (Å²) >= 11 is 5.95. The van der Waals surface area contributed by atoms with Crippen LogP contribution >= 0.6 is 11.6 Å². The molecule has 2 aromatic carbocycles. The number of hydrogen-bond acceptors (Lipinski definition) is 3. The molecule has 5 nitrogen and oxygen atoms in total. The predicted molar refractivity (Wildman–Crippen MR) is 109 cm³/mol. The first-order chi connectivity index (χ1) is 14.2. The fraction of sp³-hybridized carbons (Fsp3) is 0.190. The summed E-state index contributed by atoms with van der Waals surface area (Å²) in [6.07, 6.45) is -2.14. The lowest BCUT2D eigenvalue weighted by molar-refractivity contribution is -0.137. The van der Waals surface area contributed by atoms with Crippen LogP contribution in [0, 0.1) is 0 Å². The van der Waals surface area contributed by atoms with Gasteiger partial charge in [-0.15, -0.1) is 0 Å². The molecule has 0 aliphatic carbocycles. The van der Waals surface area contributed by atoms with E-state index in [0.29, 0.717) is 23.3 Å². The highest BCUT2D eigenvalue weighted by atomic mass is 35.5. The Kier molecular flexibility index (Phi) is 6.26. The molecule has 0 unspecified atom stereocenters. The van der Waals surface area contributed by atoms with Crippen molar-refractivity contribution >= 4 is 34.5 Å². The third-order valence-corrected chi connectivity index (χ3v) is 4.77. The third kappa shape index (κ3) is 4.88. The lowest BCUT2D eigenvalue weighted by Gasteiger charge is -2.18. The highest BCUT2D eigenvalue weighted by molar-refractivity contribution is 6.32. The second-order valence-electron chi connectivity index (χ2n) is 6.45. The van der Waals surface area contributed by atoms with Crippen LogP contribution in [0.2, 0.25) is 5.02 Å². The van der Waals surface area contributed by atoms with Crippen LogP contribution in [0.3, 0.4) is 0 Å². The monoisotopic (exact) mass is 435 g/mol. The fourth-order valence-corrected chi connectivity index (χ4v) is 3.03. The van der Waals surface area contributed by atoms with Gasteiger partial charge in [0.2, 0.25) is 5.91 Å². The van der Waals surface area contributed by atoms with Gasteiger partial charge in [-0.1, -0.05) is 23.7 Å². The zero-order valence-corrected chi connectivity index (χ0v) is 16.6. The molecule has 0 bridgehead atoms.